The molecule has 12 heteroatoms. The predicted octanol–water partition coefficient (Wildman–Crippen LogP) is 4.41. The number of methoxy groups -OCH3 is 1. The van der Waals surface area contributed by atoms with Gasteiger partial charge in [0.05, 0.1) is 24.6 Å². The minimum atomic E-state index is -0.734. The molecule has 3 N–H and O–H groups in total. The van der Waals surface area contributed by atoms with Gasteiger partial charge in [-0.05, 0) is 75.1 Å². The van der Waals surface area contributed by atoms with E-state index < -0.39 is 18.2 Å². The van der Waals surface area contributed by atoms with Gasteiger partial charge in [0.15, 0.2) is 0 Å². The molecule has 0 aliphatic carbocycles. The molecule has 0 radical (unpaired) electrons. The van der Waals surface area contributed by atoms with Crippen LogP contribution in [0.5, 0.6) is 5.75 Å². The first-order chi connectivity index (χ1) is 24.0. The van der Waals surface area contributed by atoms with Crippen LogP contribution in [0.2, 0.25) is 0 Å². The minimum Gasteiger partial charge on any atom is -0.508 e. The number of carbonyl (C=O) groups is 4. The van der Waals surface area contributed by atoms with Gasteiger partial charge in [0.1, 0.15) is 11.8 Å². The number of nitrogens with zero attached hydrogens (tertiary/aromatic N) is 3. The highest BCUT2D eigenvalue weighted by Gasteiger charge is 2.42. The Labute approximate surface area is 312 Å². The van der Waals surface area contributed by atoms with Crippen LogP contribution in [0.1, 0.15) is 79.7 Å². The molecule has 11 nitrogen and oxygen atoms in total. The monoisotopic (exact) mass is 733 g/mol. The maximum atomic E-state index is 14.2. The van der Waals surface area contributed by atoms with Crippen LogP contribution < -0.4 is 10.6 Å². The molecular weight excluding hydrogens is 667 g/mol. The normalized spacial score (nSPS) is 19.0. The van der Waals surface area contributed by atoms with Gasteiger partial charge in [0.2, 0.25) is 23.6 Å². The van der Waals surface area contributed by atoms with Gasteiger partial charge in [-0.2, -0.15) is 11.8 Å². The molecule has 8 atom stereocenters. The van der Waals surface area contributed by atoms with Crippen molar-refractivity contribution in [1.82, 2.24) is 25.3 Å². The first-order valence-electron chi connectivity index (χ1n) is 18.6. The molecule has 1 saturated heterocycles. The molecule has 1 aromatic carbocycles. The van der Waals surface area contributed by atoms with Crippen molar-refractivity contribution >= 4 is 35.4 Å². The second kappa shape index (κ2) is 21.0. The largest absolute Gasteiger partial charge is 0.508 e. The van der Waals surface area contributed by atoms with E-state index in [1.54, 1.807) is 43.0 Å². The Morgan fingerprint density at radius 1 is 1.00 bits per heavy atom. The van der Waals surface area contributed by atoms with Crippen molar-refractivity contribution in [3.8, 4) is 5.75 Å². The Kier molecular flexibility index (Phi) is 18.3. The van der Waals surface area contributed by atoms with Gasteiger partial charge in [-0.25, -0.2) is 0 Å². The average Bonchev–Trinajstić information content (AvgIpc) is 3.56. The molecule has 4 amide bonds. The predicted molar refractivity (Wildman–Crippen MR) is 207 cm³/mol. The lowest BCUT2D eigenvalue weighted by molar-refractivity contribution is -0.146. The van der Waals surface area contributed by atoms with Gasteiger partial charge in [0.25, 0.3) is 0 Å². The van der Waals surface area contributed by atoms with Crippen molar-refractivity contribution in [3.05, 3.63) is 29.8 Å². The minimum absolute atomic E-state index is 0.0176. The highest BCUT2D eigenvalue weighted by Crippen LogP contribution is 2.33. The van der Waals surface area contributed by atoms with Gasteiger partial charge in [-0.1, -0.05) is 67.0 Å². The molecule has 2 rings (SSSR count). The lowest BCUT2D eigenvalue weighted by atomic mass is 9.89. The molecule has 1 aliphatic rings. The molecule has 0 saturated carbocycles. The third kappa shape index (κ3) is 12.1. The number of aromatic hydroxyl groups is 1. The Hall–Kier alpha value is -2.83. The zero-order valence-electron chi connectivity index (χ0n) is 33.3. The fraction of sp³-hybridized carbons (Fsp3) is 0.744. The quantitative estimate of drug-likeness (QED) is 0.180. The van der Waals surface area contributed by atoms with Crippen molar-refractivity contribution in [3.63, 3.8) is 0 Å². The van der Waals surface area contributed by atoms with Crippen LogP contribution in [-0.2, 0) is 30.3 Å². The fourth-order valence-corrected chi connectivity index (χ4v) is 8.69. The van der Waals surface area contributed by atoms with Crippen molar-refractivity contribution in [2.24, 2.45) is 23.7 Å². The molecule has 0 spiro atoms. The average molecular weight is 734 g/mol. The van der Waals surface area contributed by atoms with Crippen molar-refractivity contribution in [2.75, 3.05) is 47.6 Å². The molecular formula is C39H67N5O6S. The van der Waals surface area contributed by atoms with Crippen LogP contribution in [0.15, 0.2) is 24.3 Å². The molecule has 0 bridgehead atoms. The maximum absolute atomic E-state index is 14.2. The molecule has 1 aromatic rings. The number of thioether (sulfide) groups is 1. The van der Waals surface area contributed by atoms with E-state index in [0.29, 0.717) is 19.5 Å². The number of benzene rings is 1. The van der Waals surface area contributed by atoms with Gasteiger partial charge in [0, 0.05) is 44.5 Å². The molecule has 8 unspecified atom stereocenters. The summed E-state index contributed by atoms with van der Waals surface area (Å²) in [7, 11) is 7.08. The lowest BCUT2D eigenvalue weighted by Crippen LogP contribution is -2.59. The van der Waals surface area contributed by atoms with E-state index in [9.17, 15) is 24.3 Å². The standard InChI is InChI=1S/C39H67N5O6S/c1-13-26(6)35(43(10)39(49)33(24(2)3)41-38(48)34(25(4)5)42(8)9)31(50-11)23-32(46)44-22-14-15-30(44)36(51-12)27(7)37(47)40-21-20-28-16-18-29(45)19-17-28/h16-19,24-27,30-31,33-36,45H,13-15,20-23H2,1-12H3,(H,40,47)(H,41,48). The van der Waals surface area contributed by atoms with Gasteiger partial charge in [-0.3, -0.25) is 24.1 Å². The van der Waals surface area contributed by atoms with Crippen LogP contribution in [0.4, 0.5) is 0 Å². The number of rotatable bonds is 20. The zero-order valence-corrected chi connectivity index (χ0v) is 34.1. The number of amides is 4. The first-order valence-corrected chi connectivity index (χ1v) is 19.9. The third-order valence-corrected chi connectivity index (χ3v) is 11.9. The number of likely N-dealkylation sites (N-methyl/N-ethyl adjacent to an activating group) is 2. The Balaban J connectivity index is 2.21. The summed E-state index contributed by atoms with van der Waals surface area (Å²) >= 11 is 1.62. The van der Waals surface area contributed by atoms with E-state index in [2.05, 4.69) is 24.5 Å². The zero-order chi connectivity index (χ0) is 38.6. The van der Waals surface area contributed by atoms with Crippen LogP contribution in [0.25, 0.3) is 0 Å². The van der Waals surface area contributed by atoms with Crippen LogP contribution >= 0.6 is 11.8 Å². The smallest absolute Gasteiger partial charge is 0.245 e. The summed E-state index contributed by atoms with van der Waals surface area (Å²) in [6.07, 6.45) is 4.62. The van der Waals surface area contributed by atoms with Crippen molar-refractivity contribution in [1.29, 1.82) is 0 Å². The highest BCUT2D eigenvalue weighted by atomic mass is 32.2. The van der Waals surface area contributed by atoms with Crippen molar-refractivity contribution in [2.45, 2.75) is 116 Å². The van der Waals surface area contributed by atoms with Gasteiger partial charge < -0.3 is 30.3 Å². The lowest BCUT2D eigenvalue weighted by Gasteiger charge is -2.41. The molecule has 290 valence electrons. The van der Waals surface area contributed by atoms with Crippen LogP contribution in [0, 0.1) is 23.7 Å². The number of phenolic OH excluding ortho intramolecular Hbond substituents is 1. The summed E-state index contributed by atoms with van der Waals surface area (Å²) in [5.74, 6) is -0.658. The van der Waals surface area contributed by atoms with E-state index in [1.165, 1.54) is 0 Å². The fourth-order valence-electron chi connectivity index (χ4n) is 7.56. The molecule has 1 fully saturated rings. The SMILES string of the molecule is CCC(C)C(C(CC(=O)N1CCCC1C(SC)C(C)C(=O)NCCc1ccc(O)cc1)OC)N(C)C(=O)C(NC(=O)C(C(C)C)N(C)C)C(C)C. The van der Waals surface area contributed by atoms with E-state index in [0.717, 1.165) is 24.8 Å². The number of ether oxygens (including phenoxy) is 1. The summed E-state index contributed by atoms with van der Waals surface area (Å²) in [6, 6.07) is 5.36. The number of hydrogen-bond acceptors (Lipinski definition) is 8. The topological polar surface area (TPSA) is 132 Å². The van der Waals surface area contributed by atoms with Crippen LogP contribution in [-0.4, -0.2) is 127 Å². The molecule has 1 heterocycles. The summed E-state index contributed by atoms with van der Waals surface area (Å²) < 4.78 is 6.04. The van der Waals surface area contributed by atoms with E-state index in [1.807, 2.05) is 76.9 Å². The van der Waals surface area contributed by atoms with Gasteiger partial charge in [-0.15, -0.1) is 0 Å². The number of carbonyl (C=O) groups excluding carboxylic acids is 4. The van der Waals surface area contributed by atoms with Gasteiger partial charge >= 0.3 is 0 Å². The van der Waals surface area contributed by atoms with Crippen molar-refractivity contribution < 1.29 is 29.0 Å². The second-order valence-corrected chi connectivity index (χ2v) is 16.2. The summed E-state index contributed by atoms with van der Waals surface area (Å²) in [5.41, 5.74) is 1.03. The van der Waals surface area contributed by atoms with E-state index >= 15 is 0 Å². The molecule has 1 aliphatic heterocycles. The third-order valence-electron chi connectivity index (χ3n) is 10.6. The summed E-state index contributed by atoms with van der Waals surface area (Å²) in [5, 5.41) is 15.6. The number of hydrogen-bond donors (Lipinski definition) is 3. The number of nitrogens with one attached hydrogen (secondary N) is 2. The highest BCUT2D eigenvalue weighted by molar-refractivity contribution is 7.99. The molecule has 0 aromatic heterocycles. The Morgan fingerprint density at radius 3 is 2.14 bits per heavy atom. The van der Waals surface area contributed by atoms with E-state index in [-0.39, 0.29) is 76.8 Å². The second-order valence-electron chi connectivity index (χ2n) is 15.2. The first kappa shape index (κ1) is 44.3. The maximum Gasteiger partial charge on any atom is 0.245 e. The summed E-state index contributed by atoms with van der Waals surface area (Å²) in [4.78, 5) is 60.5. The van der Waals surface area contributed by atoms with E-state index in [4.69, 9.17) is 4.74 Å². The summed E-state index contributed by atoms with van der Waals surface area (Å²) in [6.45, 7) is 15.0. The Bertz CT molecular complexity index is 1250. The molecule has 51 heavy (non-hydrogen) atoms. The number of likely N-dealkylation sites (tertiary alicyclic amines) is 1. The van der Waals surface area contributed by atoms with Crippen LogP contribution in [0.3, 0.4) is 0 Å². The number of phenols is 1. The Morgan fingerprint density at radius 2 is 1.63 bits per heavy atom.